The van der Waals surface area contributed by atoms with Crippen molar-refractivity contribution in [2.75, 3.05) is 36.5 Å². The standard InChI is InChI=1S/C20H22N6O2/c1-14-4-3-5-16(12-14)17-6-7-26(24-17)19-13-18(25-8-10-28-11-9-25)22-20(23-19)21-15(2)27/h3-7,12-13H,8-11H2,1-2H3,(H,21,22,23,27). The van der Waals surface area contributed by atoms with Crippen LogP contribution in [0.1, 0.15) is 12.5 Å². The van der Waals surface area contributed by atoms with E-state index >= 15 is 0 Å². The minimum absolute atomic E-state index is 0.217. The van der Waals surface area contributed by atoms with E-state index < -0.39 is 0 Å². The zero-order valence-corrected chi connectivity index (χ0v) is 15.9. The zero-order valence-electron chi connectivity index (χ0n) is 15.9. The molecule has 0 saturated carbocycles. The number of nitrogens with zero attached hydrogens (tertiary/aromatic N) is 5. The van der Waals surface area contributed by atoms with Crippen LogP contribution >= 0.6 is 0 Å². The molecule has 0 bridgehead atoms. The lowest BCUT2D eigenvalue weighted by molar-refractivity contribution is -0.114. The van der Waals surface area contributed by atoms with Gasteiger partial charge in [-0.2, -0.15) is 15.1 Å². The van der Waals surface area contributed by atoms with Crippen LogP contribution in [0, 0.1) is 6.92 Å². The summed E-state index contributed by atoms with van der Waals surface area (Å²) in [6.45, 7) is 6.27. The van der Waals surface area contributed by atoms with Crippen molar-refractivity contribution >= 4 is 17.7 Å². The van der Waals surface area contributed by atoms with Gasteiger partial charge in [0.1, 0.15) is 5.82 Å². The number of amides is 1. The summed E-state index contributed by atoms with van der Waals surface area (Å²) in [6.07, 6.45) is 1.86. The number of morpholine rings is 1. The second-order valence-corrected chi connectivity index (χ2v) is 6.70. The predicted molar refractivity (Wildman–Crippen MR) is 107 cm³/mol. The molecule has 1 N–H and O–H groups in total. The topological polar surface area (TPSA) is 85.2 Å². The van der Waals surface area contributed by atoms with Gasteiger partial charge in [-0.05, 0) is 19.1 Å². The Bertz CT molecular complexity index is 994. The van der Waals surface area contributed by atoms with Gasteiger partial charge in [0.05, 0.1) is 18.9 Å². The number of hydrogen-bond acceptors (Lipinski definition) is 6. The van der Waals surface area contributed by atoms with E-state index in [0.29, 0.717) is 19.0 Å². The molecule has 4 rings (SSSR count). The van der Waals surface area contributed by atoms with E-state index in [0.717, 1.165) is 30.2 Å². The molecule has 1 amide bonds. The lowest BCUT2D eigenvalue weighted by atomic mass is 10.1. The van der Waals surface area contributed by atoms with Gasteiger partial charge in [-0.1, -0.05) is 23.8 Å². The van der Waals surface area contributed by atoms with Crippen LogP contribution in [0.3, 0.4) is 0 Å². The molecule has 0 unspecified atom stereocenters. The van der Waals surface area contributed by atoms with Gasteiger partial charge in [0.15, 0.2) is 5.82 Å². The average molecular weight is 378 g/mol. The molecule has 3 heterocycles. The molecular formula is C20H22N6O2. The van der Waals surface area contributed by atoms with Crippen LogP contribution in [0.15, 0.2) is 42.6 Å². The number of aromatic nitrogens is 4. The fourth-order valence-corrected chi connectivity index (χ4v) is 3.12. The molecule has 1 aliphatic rings. The lowest BCUT2D eigenvalue weighted by Gasteiger charge is -2.28. The van der Waals surface area contributed by atoms with Crippen molar-refractivity contribution in [3.05, 3.63) is 48.2 Å². The molecule has 3 aromatic rings. The monoisotopic (exact) mass is 378 g/mol. The van der Waals surface area contributed by atoms with Crippen LogP contribution in [0.25, 0.3) is 17.1 Å². The van der Waals surface area contributed by atoms with Gasteiger partial charge in [0, 0.05) is 37.8 Å². The van der Waals surface area contributed by atoms with Crippen molar-refractivity contribution in [3.8, 4) is 17.1 Å². The molecule has 28 heavy (non-hydrogen) atoms. The number of carbonyl (C=O) groups excluding carboxylic acids is 1. The van der Waals surface area contributed by atoms with Crippen LogP contribution in [-0.2, 0) is 9.53 Å². The molecule has 8 nitrogen and oxygen atoms in total. The molecular weight excluding hydrogens is 356 g/mol. The molecule has 8 heteroatoms. The fraction of sp³-hybridized carbons (Fsp3) is 0.300. The van der Waals surface area contributed by atoms with Gasteiger partial charge in [-0.15, -0.1) is 0 Å². The molecule has 144 valence electrons. The van der Waals surface area contributed by atoms with E-state index in [1.54, 1.807) is 4.68 Å². The number of nitrogens with one attached hydrogen (secondary N) is 1. The third-order valence-electron chi connectivity index (χ3n) is 4.46. The largest absolute Gasteiger partial charge is 0.378 e. The lowest BCUT2D eigenvalue weighted by Crippen LogP contribution is -2.37. The minimum Gasteiger partial charge on any atom is -0.378 e. The molecule has 2 aromatic heterocycles. The summed E-state index contributed by atoms with van der Waals surface area (Å²) < 4.78 is 7.12. The van der Waals surface area contributed by atoms with Gasteiger partial charge in [-0.25, -0.2) is 4.68 Å². The second kappa shape index (κ2) is 7.77. The normalized spacial score (nSPS) is 14.1. The summed E-state index contributed by atoms with van der Waals surface area (Å²) in [5.41, 5.74) is 3.08. The van der Waals surface area contributed by atoms with Crippen LogP contribution in [-0.4, -0.2) is 52.0 Å². The number of rotatable bonds is 4. The van der Waals surface area contributed by atoms with Crippen LogP contribution in [0.4, 0.5) is 11.8 Å². The molecule has 0 aliphatic carbocycles. The highest BCUT2D eigenvalue weighted by atomic mass is 16.5. The fourth-order valence-electron chi connectivity index (χ4n) is 3.12. The van der Waals surface area contributed by atoms with Crippen LogP contribution in [0.2, 0.25) is 0 Å². The number of hydrogen-bond donors (Lipinski definition) is 1. The van der Waals surface area contributed by atoms with Crippen LogP contribution < -0.4 is 10.2 Å². The molecule has 0 spiro atoms. The Morgan fingerprint density at radius 2 is 1.89 bits per heavy atom. The summed E-state index contributed by atoms with van der Waals surface area (Å²) in [4.78, 5) is 22.6. The molecule has 1 saturated heterocycles. The summed E-state index contributed by atoms with van der Waals surface area (Å²) in [5.74, 6) is 1.38. The first-order chi connectivity index (χ1) is 13.6. The first-order valence-corrected chi connectivity index (χ1v) is 9.21. The van der Waals surface area contributed by atoms with Crippen molar-refractivity contribution in [3.63, 3.8) is 0 Å². The van der Waals surface area contributed by atoms with Gasteiger partial charge >= 0.3 is 0 Å². The van der Waals surface area contributed by atoms with E-state index in [1.807, 2.05) is 30.5 Å². The Balaban J connectivity index is 1.71. The summed E-state index contributed by atoms with van der Waals surface area (Å²) in [5, 5.41) is 7.35. The first-order valence-electron chi connectivity index (χ1n) is 9.21. The molecule has 0 radical (unpaired) electrons. The zero-order chi connectivity index (χ0) is 19.5. The van der Waals surface area contributed by atoms with Gasteiger partial charge in [0.25, 0.3) is 0 Å². The number of ether oxygens (including phenoxy) is 1. The molecule has 0 atom stereocenters. The smallest absolute Gasteiger partial charge is 0.233 e. The Morgan fingerprint density at radius 1 is 1.11 bits per heavy atom. The Labute approximate surface area is 163 Å². The summed E-state index contributed by atoms with van der Waals surface area (Å²) >= 11 is 0. The highest BCUT2D eigenvalue weighted by Crippen LogP contribution is 2.22. The van der Waals surface area contributed by atoms with Crippen molar-refractivity contribution in [2.45, 2.75) is 13.8 Å². The van der Waals surface area contributed by atoms with Crippen LogP contribution in [0.5, 0.6) is 0 Å². The average Bonchev–Trinajstić information content (AvgIpc) is 3.18. The predicted octanol–water partition coefficient (Wildman–Crippen LogP) is 2.43. The number of anilines is 2. The Hall–Kier alpha value is -3.26. The van der Waals surface area contributed by atoms with Crippen molar-refractivity contribution in [2.24, 2.45) is 0 Å². The Kier molecular flexibility index (Phi) is 5.03. The van der Waals surface area contributed by atoms with Gasteiger partial charge < -0.3 is 9.64 Å². The number of benzene rings is 1. The maximum Gasteiger partial charge on any atom is 0.233 e. The molecule has 1 aromatic carbocycles. The first kappa shape index (κ1) is 18.1. The highest BCUT2D eigenvalue weighted by molar-refractivity contribution is 5.87. The van der Waals surface area contributed by atoms with E-state index in [2.05, 4.69) is 44.3 Å². The third-order valence-corrected chi connectivity index (χ3v) is 4.46. The summed E-state index contributed by atoms with van der Waals surface area (Å²) in [6, 6.07) is 12.0. The third kappa shape index (κ3) is 4.01. The number of carbonyl (C=O) groups is 1. The highest BCUT2D eigenvalue weighted by Gasteiger charge is 2.17. The van der Waals surface area contributed by atoms with Crippen molar-refractivity contribution in [1.29, 1.82) is 0 Å². The molecule has 1 fully saturated rings. The van der Waals surface area contributed by atoms with Gasteiger partial charge in [0.2, 0.25) is 11.9 Å². The van der Waals surface area contributed by atoms with E-state index in [4.69, 9.17) is 4.74 Å². The maximum absolute atomic E-state index is 11.5. The van der Waals surface area contributed by atoms with E-state index in [1.165, 1.54) is 12.5 Å². The molecule has 1 aliphatic heterocycles. The van der Waals surface area contributed by atoms with E-state index in [9.17, 15) is 4.79 Å². The minimum atomic E-state index is -0.217. The maximum atomic E-state index is 11.5. The Morgan fingerprint density at radius 3 is 2.64 bits per heavy atom. The number of aryl methyl sites for hydroxylation is 1. The quantitative estimate of drug-likeness (QED) is 0.751. The summed E-state index contributed by atoms with van der Waals surface area (Å²) in [7, 11) is 0. The second-order valence-electron chi connectivity index (χ2n) is 6.70. The van der Waals surface area contributed by atoms with Crippen molar-refractivity contribution in [1.82, 2.24) is 19.7 Å². The van der Waals surface area contributed by atoms with Crippen molar-refractivity contribution < 1.29 is 9.53 Å². The van der Waals surface area contributed by atoms with Gasteiger partial charge in [-0.3, -0.25) is 10.1 Å². The SMILES string of the molecule is CC(=O)Nc1nc(N2CCOCC2)cc(-n2ccc(-c3cccc(C)c3)n2)n1. The van der Waals surface area contributed by atoms with E-state index in [-0.39, 0.29) is 11.9 Å².